The highest BCUT2D eigenvalue weighted by molar-refractivity contribution is 5.96. The van der Waals surface area contributed by atoms with Crippen LogP contribution in [0.4, 0.5) is 10.5 Å². The maximum atomic E-state index is 12.1. The standard InChI is InChI=1S/C14H18N2O4/c1-20-8-2-6-15-14(19)16-7-5-10-3-4-11(13(17)18)9-12(10)16/h3-4,9H,2,5-8H2,1H3,(H,15,19)(H,17,18). The Bertz CT molecular complexity index is 516. The number of nitrogens with one attached hydrogen (secondary N) is 1. The second-order valence-corrected chi connectivity index (χ2v) is 4.63. The number of hydrogen-bond acceptors (Lipinski definition) is 3. The van der Waals surface area contributed by atoms with E-state index in [2.05, 4.69) is 5.32 Å². The van der Waals surface area contributed by atoms with E-state index in [0.717, 1.165) is 18.4 Å². The van der Waals surface area contributed by atoms with E-state index in [1.807, 2.05) is 0 Å². The number of rotatable bonds is 5. The highest BCUT2D eigenvalue weighted by Crippen LogP contribution is 2.29. The highest BCUT2D eigenvalue weighted by atomic mass is 16.5. The number of nitrogens with zero attached hydrogens (tertiary/aromatic N) is 1. The van der Waals surface area contributed by atoms with Crippen molar-refractivity contribution in [2.24, 2.45) is 0 Å². The number of fused-ring (bicyclic) bond motifs is 1. The Labute approximate surface area is 117 Å². The highest BCUT2D eigenvalue weighted by Gasteiger charge is 2.25. The molecule has 1 heterocycles. The van der Waals surface area contributed by atoms with Crippen LogP contribution in [0.1, 0.15) is 22.3 Å². The van der Waals surface area contributed by atoms with Gasteiger partial charge in [-0.05, 0) is 30.5 Å². The Hall–Kier alpha value is -2.08. The molecule has 6 nitrogen and oxygen atoms in total. The number of anilines is 1. The molecule has 0 bridgehead atoms. The molecule has 0 spiro atoms. The SMILES string of the molecule is COCCCNC(=O)N1CCc2ccc(C(=O)O)cc21. The fourth-order valence-corrected chi connectivity index (χ4v) is 2.23. The summed E-state index contributed by atoms with van der Waals surface area (Å²) in [5.41, 5.74) is 1.89. The summed E-state index contributed by atoms with van der Waals surface area (Å²) >= 11 is 0. The average molecular weight is 278 g/mol. The van der Waals surface area contributed by atoms with E-state index in [1.54, 1.807) is 30.2 Å². The number of carbonyl (C=O) groups excluding carboxylic acids is 1. The number of amides is 2. The minimum atomic E-state index is -0.986. The zero-order valence-electron chi connectivity index (χ0n) is 11.4. The van der Waals surface area contributed by atoms with Crippen molar-refractivity contribution < 1.29 is 19.4 Å². The van der Waals surface area contributed by atoms with Gasteiger partial charge < -0.3 is 15.2 Å². The summed E-state index contributed by atoms with van der Waals surface area (Å²) in [5.74, 6) is -0.986. The van der Waals surface area contributed by atoms with Crippen molar-refractivity contribution in [1.29, 1.82) is 0 Å². The number of hydrogen-bond donors (Lipinski definition) is 2. The zero-order chi connectivity index (χ0) is 14.5. The van der Waals surface area contributed by atoms with E-state index in [1.165, 1.54) is 0 Å². The largest absolute Gasteiger partial charge is 0.478 e. The van der Waals surface area contributed by atoms with E-state index >= 15 is 0 Å². The first-order chi connectivity index (χ1) is 9.63. The third-order valence-electron chi connectivity index (χ3n) is 3.27. The molecule has 20 heavy (non-hydrogen) atoms. The molecule has 1 aliphatic rings. The van der Waals surface area contributed by atoms with E-state index in [4.69, 9.17) is 9.84 Å². The molecule has 0 unspecified atom stereocenters. The van der Waals surface area contributed by atoms with Gasteiger partial charge in [-0.15, -0.1) is 0 Å². The van der Waals surface area contributed by atoms with E-state index < -0.39 is 5.97 Å². The number of carboxylic acids is 1. The van der Waals surface area contributed by atoms with Gasteiger partial charge in [0.25, 0.3) is 0 Å². The third-order valence-corrected chi connectivity index (χ3v) is 3.27. The lowest BCUT2D eigenvalue weighted by molar-refractivity contribution is 0.0697. The molecule has 0 atom stereocenters. The molecule has 0 fully saturated rings. The lowest BCUT2D eigenvalue weighted by Crippen LogP contribution is -2.39. The van der Waals surface area contributed by atoms with Crippen molar-refractivity contribution in [3.63, 3.8) is 0 Å². The van der Waals surface area contributed by atoms with Crippen LogP contribution in [0.2, 0.25) is 0 Å². The number of urea groups is 1. The number of methoxy groups -OCH3 is 1. The Balaban J connectivity index is 2.04. The average Bonchev–Trinajstić information content (AvgIpc) is 2.86. The van der Waals surface area contributed by atoms with Gasteiger partial charge >= 0.3 is 12.0 Å². The predicted molar refractivity (Wildman–Crippen MR) is 74.3 cm³/mol. The van der Waals surface area contributed by atoms with Gasteiger partial charge in [0.1, 0.15) is 0 Å². The van der Waals surface area contributed by atoms with Gasteiger partial charge in [0.15, 0.2) is 0 Å². The van der Waals surface area contributed by atoms with Crippen LogP contribution >= 0.6 is 0 Å². The summed E-state index contributed by atoms with van der Waals surface area (Å²) in [4.78, 5) is 24.7. The molecule has 6 heteroatoms. The molecular formula is C14H18N2O4. The molecule has 0 aliphatic carbocycles. The molecular weight excluding hydrogens is 260 g/mol. The number of ether oxygens (including phenoxy) is 1. The van der Waals surface area contributed by atoms with Crippen molar-refractivity contribution in [2.75, 3.05) is 31.7 Å². The number of carbonyl (C=O) groups is 2. The molecule has 0 radical (unpaired) electrons. The fraction of sp³-hybridized carbons (Fsp3) is 0.429. The van der Waals surface area contributed by atoms with E-state index in [9.17, 15) is 9.59 Å². The van der Waals surface area contributed by atoms with Crippen LogP contribution in [-0.2, 0) is 11.2 Å². The number of benzene rings is 1. The van der Waals surface area contributed by atoms with Gasteiger partial charge in [0.2, 0.25) is 0 Å². The molecule has 0 aromatic heterocycles. The quantitative estimate of drug-likeness (QED) is 0.800. The molecule has 108 valence electrons. The van der Waals surface area contributed by atoms with Crippen LogP contribution in [-0.4, -0.2) is 43.9 Å². The molecule has 2 N–H and O–H groups in total. The minimum absolute atomic E-state index is 0.192. The van der Waals surface area contributed by atoms with Crippen LogP contribution in [0.5, 0.6) is 0 Å². The van der Waals surface area contributed by atoms with Gasteiger partial charge in [-0.3, -0.25) is 4.90 Å². The summed E-state index contributed by atoms with van der Waals surface area (Å²) in [6, 6.07) is 4.71. The third kappa shape index (κ3) is 3.08. The van der Waals surface area contributed by atoms with Crippen molar-refractivity contribution in [3.8, 4) is 0 Å². The Morgan fingerprint density at radius 1 is 1.45 bits per heavy atom. The number of aromatic carboxylic acids is 1. The zero-order valence-corrected chi connectivity index (χ0v) is 11.4. The maximum Gasteiger partial charge on any atom is 0.335 e. The Kier molecular flexibility index (Phi) is 4.57. The Morgan fingerprint density at radius 2 is 2.25 bits per heavy atom. The number of carboxylic acid groups (broad SMARTS) is 1. The van der Waals surface area contributed by atoms with Crippen LogP contribution < -0.4 is 10.2 Å². The summed E-state index contributed by atoms with van der Waals surface area (Å²) < 4.78 is 4.92. The topological polar surface area (TPSA) is 78.9 Å². The van der Waals surface area contributed by atoms with Crippen molar-refractivity contribution in [2.45, 2.75) is 12.8 Å². The normalized spacial score (nSPS) is 13.2. The molecule has 1 aliphatic heterocycles. The monoisotopic (exact) mass is 278 g/mol. The van der Waals surface area contributed by atoms with Crippen molar-refractivity contribution in [3.05, 3.63) is 29.3 Å². The first-order valence-electron chi connectivity index (χ1n) is 6.54. The summed E-state index contributed by atoms with van der Waals surface area (Å²) in [6.45, 7) is 1.71. The van der Waals surface area contributed by atoms with Gasteiger partial charge in [0, 0.05) is 32.5 Å². The van der Waals surface area contributed by atoms with Crippen LogP contribution in [0, 0.1) is 0 Å². The van der Waals surface area contributed by atoms with Gasteiger partial charge in [-0.2, -0.15) is 0 Å². The van der Waals surface area contributed by atoms with Crippen LogP contribution in [0.3, 0.4) is 0 Å². The molecule has 2 amide bonds. The molecule has 2 rings (SSSR count). The first-order valence-corrected chi connectivity index (χ1v) is 6.54. The van der Waals surface area contributed by atoms with Crippen molar-refractivity contribution in [1.82, 2.24) is 5.32 Å². The summed E-state index contributed by atoms with van der Waals surface area (Å²) in [6.07, 6.45) is 1.50. The minimum Gasteiger partial charge on any atom is -0.478 e. The van der Waals surface area contributed by atoms with Gasteiger partial charge in [-0.1, -0.05) is 6.07 Å². The van der Waals surface area contributed by atoms with Gasteiger partial charge in [0.05, 0.1) is 5.56 Å². The van der Waals surface area contributed by atoms with Crippen molar-refractivity contribution >= 4 is 17.7 Å². The summed E-state index contributed by atoms with van der Waals surface area (Å²) in [7, 11) is 1.62. The molecule has 1 aromatic rings. The van der Waals surface area contributed by atoms with Gasteiger partial charge in [-0.25, -0.2) is 9.59 Å². The molecule has 1 aromatic carbocycles. The lowest BCUT2D eigenvalue weighted by atomic mass is 10.1. The molecule has 0 saturated carbocycles. The molecule has 0 saturated heterocycles. The lowest BCUT2D eigenvalue weighted by Gasteiger charge is -2.18. The van der Waals surface area contributed by atoms with Crippen LogP contribution in [0.15, 0.2) is 18.2 Å². The fourth-order valence-electron chi connectivity index (χ4n) is 2.23. The first kappa shape index (κ1) is 14.3. The summed E-state index contributed by atoms with van der Waals surface area (Å²) in [5, 5.41) is 11.8. The maximum absolute atomic E-state index is 12.1. The second kappa shape index (κ2) is 6.38. The van der Waals surface area contributed by atoms with E-state index in [-0.39, 0.29) is 11.6 Å². The van der Waals surface area contributed by atoms with Crippen LogP contribution in [0.25, 0.3) is 0 Å². The predicted octanol–water partition coefficient (Wildman–Crippen LogP) is 1.49. The second-order valence-electron chi connectivity index (χ2n) is 4.63. The smallest absolute Gasteiger partial charge is 0.335 e. The Morgan fingerprint density at radius 3 is 2.95 bits per heavy atom. The van der Waals surface area contributed by atoms with E-state index in [0.29, 0.717) is 25.4 Å².